The number of carbonyl (C=O) groups is 2. The predicted octanol–water partition coefficient (Wildman–Crippen LogP) is 1.59. The first-order valence-corrected chi connectivity index (χ1v) is 6.22. The molecule has 1 aromatic rings. The summed E-state index contributed by atoms with van der Waals surface area (Å²) in [5, 5.41) is 10.6. The Morgan fingerprint density at radius 2 is 2.17 bits per heavy atom. The monoisotopic (exact) mass is 315 g/mol. The molecule has 0 aliphatic rings. The van der Waals surface area contributed by atoms with Crippen LogP contribution in [0.1, 0.15) is 12.5 Å². The van der Waals surface area contributed by atoms with Gasteiger partial charge in [-0.2, -0.15) is 0 Å². The Morgan fingerprint density at radius 1 is 1.44 bits per heavy atom. The maximum Gasteiger partial charge on any atom is 0.322 e. The van der Waals surface area contributed by atoms with Crippen LogP contribution < -0.4 is 10.1 Å². The van der Waals surface area contributed by atoms with Crippen molar-refractivity contribution in [3.05, 3.63) is 28.2 Å². The third-order valence-electron chi connectivity index (χ3n) is 2.20. The number of nitrogens with one attached hydrogen (secondary N) is 1. The number of carboxylic acid groups (broad SMARTS) is 1. The van der Waals surface area contributed by atoms with Crippen molar-refractivity contribution in [3.8, 4) is 5.75 Å². The minimum Gasteiger partial charge on any atom is -0.483 e. The largest absolute Gasteiger partial charge is 0.483 e. The molecule has 6 heteroatoms. The van der Waals surface area contributed by atoms with Crippen LogP contribution in [-0.4, -0.2) is 30.1 Å². The molecule has 0 aromatic heterocycles. The molecule has 0 aliphatic heterocycles. The molecule has 1 rings (SSSR count). The summed E-state index contributed by atoms with van der Waals surface area (Å²) >= 11 is 3.35. The Kier molecular flexibility index (Phi) is 5.64. The Labute approximate surface area is 113 Å². The molecule has 0 atom stereocenters. The lowest BCUT2D eigenvalue weighted by Gasteiger charge is -2.09. The first kappa shape index (κ1) is 14.5. The first-order chi connectivity index (χ1) is 8.52. The summed E-state index contributed by atoms with van der Waals surface area (Å²) in [7, 11) is 0. The van der Waals surface area contributed by atoms with Crippen molar-refractivity contribution in [3.63, 3.8) is 0 Å². The van der Waals surface area contributed by atoms with E-state index in [1.54, 1.807) is 6.07 Å². The van der Waals surface area contributed by atoms with Crippen molar-refractivity contribution in [2.45, 2.75) is 13.3 Å². The molecule has 18 heavy (non-hydrogen) atoms. The number of hydrogen-bond donors (Lipinski definition) is 2. The fourth-order valence-corrected chi connectivity index (χ4v) is 1.79. The number of amides is 1. The average Bonchev–Trinajstić information content (AvgIpc) is 2.34. The number of ether oxygens (including phenoxy) is 1. The van der Waals surface area contributed by atoms with Gasteiger partial charge in [0.05, 0.1) is 4.47 Å². The Hall–Kier alpha value is -1.56. The second-order valence-electron chi connectivity index (χ2n) is 3.58. The van der Waals surface area contributed by atoms with Gasteiger partial charge in [0.15, 0.2) is 6.61 Å². The van der Waals surface area contributed by atoms with Gasteiger partial charge in [-0.25, -0.2) is 0 Å². The fraction of sp³-hybridized carbons (Fsp3) is 0.333. The standard InChI is InChI=1S/C12H14BrNO4/c1-2-8-3-4-10(9(13)5-8)18-7-11(15)14-6-12(16)17/h3-5H,2,6-7H2,1H3,(H,14,15)(H,16,17). The smallest absolute Gasteiger partial charge is 0.322 e. The zero-order chi connectivity index (χ0) is 13.5. The molecule has 98 valence electrons. The van der Waals surface area contributed by atoms with Gasteiger partial charge in [0.2, 0.25) is 0 Å². The molecule has 1 aromatic carbocycles. The van der Waals surface area contributed by atoms with Gasteiger partial charge >= 0.3 is 5.97 Å². The van der Waals surface area contributed by atoms with Crippen LogP contribution in [0, 0.1) is 0 Å². The second-order valence-corrected chi connectivity index (χ2v) is 4.43. The molecule has 0 saturated heterocycles. The summed E-state index contributed by atoms with van der Waals surface area (Å²) in [6.45, 7) is 1.43. The predicted molar refractivity (Wildman–Crippen MR) is 69.7 cm³/mol. The van der Waals surface area contributed by atoms with E-state index in [9.17, 15) is 9.59 Å². The molecule has 0 unspecified atom stereocenters. The van der Waals surface area contributed by atoms with Gasteiger partial charge in [-0.05, 0) is 40.0 Å². The van der Waals surface area contributed by atoms with Gasteiger partial charge < -0.3 is 15.2 Å². The molecule has 0 bridgehead atoms. The van der Waals surface area contributed by atoms with Crippen molar-refractivity contribution < 1.29 is 19.4 Å². The Morgan fingerprint density at radius 3 is 2.72 bits per heavy atom. The zero-order valence-corrected chi connectivity index (χ0v) is 11.5. The Bertz CT molecular complexity index is 448. The van der Waals surface area contributed by atoms with E-state index in [-0.39, 0.29) is 6.61 Å². The van der Waals surface area contributed by atoms with Crippen LogP contribution in [0.2, 0.25) is 0 Å². The molecular weight excluding hydrogens is 302 g/mol. The summed E-state index contributed by atoms with van der Waals surface area (Å²) in [6.07, 6.45) is 0.915. The van der Waals surface area contributed by atoms with E-state index in [2.05, 4.69) is 21.2 Å². The van der Waals surface area contributed by atoms with E-state index >= 15 is 0 Å². The van der Waals surface area contributed by atoms with E-state index in [1.807, 2.05) is 19.1 Å². The summed E-state index contributed by atoms with van der Waals surface area (Å²) < 4.78 is 6.05. The molecule has 5 nitrogen and oxygen atoms in total. The highest BCUT2D eigenvalue weighted by Crippen LogP contribution is 2.26. The molecule has 1 amide bonds. The molecule has 0 fully saturated rings. The number of benzene rings is 1. The van der Waals surface area contributed by atoms with Crippen LogP contribution in [-0.2, 0) is 16.0 Å². The van der Waals surface area contributed by atoms with E-state index < -0.39 is 18.4 Å². The van der Waals surface area contributed by atoms with Gasteiger partial charge in [0, 0.05) is 0 Å². The van der Waals surface area contributed by atoms with Crippen LogP contribution in [0.4, 0.5) is 0 Å². The molecule has 0 radical (unpaired) electrons. The molecule has 0 saturated carbocycles. The molecule has 0 heterocycles. The highest BCUT2D eigenvalue weighted by Gasteiger charge is 2.07. The van der Waals surface area contributed by atoms with Crippen LogP contribution in [0.25, 0.3) is 0 Å². The average molecular weight is 316 g/mol. The van der Waals surface area contributed by atoms with Gasteiger partial charge in [-0.3, -0.25) is 9.59 Å². The summed E-state index contributed by atoms with van der Waals surface area (Å²) in [4.78, 5) is 21.5. The Balaban J connectivity index is 2.48. The van der Waals surface area contributed by atoms with Gasteiger partial charge in [-0.1, -0.05) is 13.0 Å². The van der Waals surface area contributed by atoms with E-state index in [0.29, 0.717) is 5.75 Å². The fourth-order valence-electron chi connectivity index (χ4n) is 1.25. The first-order valence-electron chi connectivity index (χ1n) is 5.42. The van der Waals surface area contributed by atoms with E-state index in [1.165, 1.54) is 0 Å². The zero-order valence-electron chi connectivity index (χ0n) is 9.90. The lowest BCUT2D eigenvalue weighted by molar-refractivity contribution is -0.138. The number of rotatable bonds is 6. The topological polar surface area (TPSA) is 75.6 Å². The van der Waals surface area contributed by atoms with Crippen molar-refractivity contribution in [1.29, 1.82) is 0 Å². The van der Waals surface area contributed by atoms with Crippen LogP contribution in [0.3, 0.4) is 0 Å². The summed E-state index contributed by atoms with van der Waals surface area (Å²) in [5.74, 6) is -1.00. The molecule has 2 N–H and O–H groups in total. The minimum absolute atomic E-state index is 0.211. The second kappa shape index (κ2) is 7.00. The van der Waals surface area contributed by atoms with E-state index in [0.717, 1.165) is 16.5 Å². The highest BCUT2D eigenvalue weighted by atomic mass is 79.9. The molecule has 0 spiro atoms. The minimum atomic E-state index is -1.09. The number of hydrogen-bond acceptors (Lipinski definition) is 3. The van der Waals surface area contributed by atoms with Crippen LogP contribution in [0.15, 0.2) is 22.7 Å². The number of carbonyl (C=O) groups excluding carboxylic acids is 1. The van der Waals surface area contributed by atoms with Crippen molar-refractivity contribution >= 4 is 27.8 Å². The number of aliphatic carboxylic acids is 1. The SMILES string of the molecule is CCc1ccc(OCC(=O)NCC(=O)O)c(Br)c1. The maximum absolute atomic E-state index is 11.2. The van der Waals surface area contributed by atoms with Gasteiger partial charge in [0.25, 0.3) is 5.91 Å². The lowest BCUT2D eigenvalue weighted by atomic mass is 10.2. The van der Waals surface area contributed by atoms with Crippen LogP contribution >= 0.6 is 15.9 Å². The van der Waals surface area contributed by atoms with Gasteiger partial charge in [0.1, 0.15) is 12.3 Å². The lowest BCUT2D eigenvalue weighted by Crippen LogP contribution is -2.33. The van der Waals surface area contributed by atoms with E-state index in [4.69, 9.17) is 9.84 Å². The molecule has 0 aliphatic carbocycles. The summed E-state index contributed by atoms with van der Waals surface area (Å²) in [5.41, 5.74) is 1.16. The molecular formula is C12H14BrNO4. The third kappa shape index (κ3) is 4.75. The van der Waals surface area contributed by atoms with Crippen LogP contribution in [0.5, 0.6) is 5.75 Å². The highest BCUT2D eigenvalue weighted by molar-refractivity contribution is 9.10. The number of carboxylic acids is 1. The normalized spacial score (nSPS) is 9.89. The number of halogens is 1. The number of aryl methyl sites for hydroxylation is 1. The van der Waals surface area contributed by atoms with Crippen molar-refractivity contribution in [1.82, 2.24) is 5.32 Å². The maximum atomic E-state index is 11.2. The van der Waals surface area contributed by atoms with Crippen molar-refractivity contribution in [2.24, 2.45) is 0 Å². The quantitative estimate of drug-likeness (QED) is 0.836. The third-order valence-corrected chi connectivity index (χ3v) is 2.82. The summed E-state index contributed by atoms with van der Waals surface area (Å²) in [6, 6.07) is 5.60. The van der Waals surface area contributed by atoms with Gasteiger partial charge in [-0.15, -0.1) is 0 Å². The van der Waals surface area contributed by atoms with Crippen molar-refractivity contribution in [2.75, 3.05) is 13.2 Å².